The molecule has 0 amide bonds. The van der Waals surface area contributed by atoms with Crippen molar-refractivity contribution in [3.63, 3.8) is 0 Å². The van der Waals surface area contributed by atoms with Crippen LogP contribution < -0.4 is 0 Å². The van der Waals surface area contributed by atoms with E-state index in [-0.39, 0.29) is 0 Å². The van der Waals surface area contributed by atoms with Crippen molar-refractivity contribution >= 4 is 5.97 Å². The highest BCUT2D eigenvalue weighted by Crippen LogP contribution is 2.18. The first-order valence-electron chi connectivity index (χ1n) is 6.84. The molecule has 4 heteroatoms. The Bertz CT molecular complexity index is 681. The van der Waals surface area contributed by atoms with Gasteiger partial charge in [0.25, 0.3) is 0 Å². The van der Waals surface area contributed by atoms with Crippen LogP contribution in [-0.2, 0) is 11.3 Å². The molecule has 0 aliphatic heterocycles. The predicted octanol–water partition coefficient (Wildman–Crippen LogP) is 3.22. The molecule has 0 aliphatic rings. The van der Waals surface area contributed by atoms with Gasteiger partial charge in [0, 0.05) is 17.9 Å². The Kier molecular flexibility index (Phi) is 4.44. The molecule has 0 aliphatic carbocycles. The number of aromatic nitrogens is 1. The Hall–Kier alpha value is -2.54. The van der Waals surface area contributed by atoms with Crippen molar-refractivity contribution in [3.05, 3.63) is 58.9 Å². The fraction of sp³-hybridized carbons (Fsp3) is 0.294. The quantitative estimate of drug-likeness (QED) is 0.809. The van der Waals surface area contributed by atoms with Gasteiger partial charge in [-0.3, -0.25) is 0 Å². The number of hydrogen-bond acceptors (Lipinski definition) is 3. The number of nitrogens with zero attached hydrogens (tertiary/aromatic N) is 2. The molecule has 0 bridgehead atoms. The second-order valence-electron chi connectivity index (χ2n) is 5.03. The van der Waals surface area contributed by atoms with E-state index >= 15 is 0 Å². The van der Waals surface area contributed by atoms with Gasteiger partial charge in [0.15, 0.2) is 6.10 Å². The maximum absolute atomic E-state index is 12.1. The summed E-state index contributed by atoms with van der Waals surface area (Å²) in [5, 5.41) is 8.72. The lowest BCUT2D eigenvalue weighted by molar-refractivity contribution is 0.0434. The summed E-state index contributed by atoms with van der Waals surface area (Å²) in [5.41, 5.74) is 3.54. The van der Waals surface area contributed by atoms with E-state index in [1.165, 1.54) is 5.56 Å². The SMILES string of the molecule is Cc1cc(C(=O)O[C@@H](C)C#N)c(C)n1Cc1ccccc1. The average Bonchev–Trinajstić information content (AvgIpc) is 2.76. The lowest BCUT2D eigenvalue weighted by atomic mass is 10.2. The zero-order valence-corrected chi connectivity index (χ0v) is 12.5. The van der Waals surface area contributed by atoms with E-state index in [1.54, 1.807) is 6.92 Å². The summed E-state index contributed by atoms with van der Waals surface area (Å²) in [7, 11) is 0. The van der Waals surface area contributed by atoms with Crippen LogP contribution in [0.4, 0.5) is 0 Å². The minimum absolute atomic E-state index is 0.448. The van der Waals surface area contributed by atoms with Crippen LogP contribution in [0.3, 0.4) is 0 Å². The molecule has 0 saturated heterocycles. The van der Waals surface area contributed by atoms with Gasteiger partial charge in [-0.1, -0.05) is 30.3 Å². The molecule has 1 aromatic carbocycles. The van der Waals surface area contributed by atoms with Crippen molar-refractivity contribution in [2.24, 2.45) is 0 Å². The van der Waals surface area contributed by atoms with Crippen LogP contribution in [0.1, 0.15) is 34.2 Å². The first-order valence-corrected chi connectivity index (χ1v) is 6.84. The Morgan fingerprint density at radius 2 is 2.00 bits per heavy atom. The number of benzene rings is 1. The lowest BCUT2D eigenvalue weighted by Crippen LogP contribution is -2.14. The highest BCUT2D eigenvalue weighted by Gasteiger charge is 2.18. The first kappa shape index (κ1) is 14.9. The third-order valence-electron chi connectivity index (χ3n) is 3.44. The molecule has 2 rings (SSSR count). The Labute approximate surface area is 124 Å². The summed E-state index contributed by atoms with van der Waals surface area (Å²) in [6, 6.07) is 13.8. The fourth-order valence-electron chi connectivity index (χ4n) is 2.27. The maximum atomic E-state index is 12.1. The normalized spacial score (nSPS) is 11.7. The third kappa shape index (κ3) is 3.32. The van der Waals surface area contributed by atoms with Gasteiger partial charge in [0.2, 0.25) is 0 Å². The largest absolute Gasteiger partial charge is 0.444 e. The number of carbonyl (C=O) groups excluding carboxylic acids is 1. The molecule has 1 heterocycles. The predicted molar refractivity (Wildman–Crippen MR) is 79.9 cm³/mol. The second-order valence-corrected chi connectivity index (χ2v) is 5.03. The van der Waals surface area contributed by atoms with E-state index in [0.29, 0.717) is 12.1 Å². The molecule has 4 nitrogen and oxygen atoms in total. The third-order valence-corrected chi connectivity index (χ3v) is 3.44. The fourth-order valence-corrected chi connectivity index (χ4v) is 2.27. The number of ether oxygens (including phenoxy) is 1. The highest BCUT2D eigenvalue weighted by molar-refractivity contribution is 5.91. The summed E-state index contributed by atoms with van der Waals surface area (Å²) in [6.45, 7) is 6.12. The van der Waals surface area contributed by atoms with E-state index in [9.17, 15) is 4.79 Å². The Balaban J connectivity index is 2.26. The van der Waals surface area contributed by atoms with Crippen LogP contribution >= 0.6 is 0 Å². The van der Waals surface area contributed by atoms with Crippen LogP contribution in [-0.4, -0.2) is 16.6 Å². The number of carbonyl (C=O) groups is 1. The monoisotopic (exact) mass is 282 g/mol. The minimum atomic E-state index is -0.741. The number of rotatable bonds is 4. The van der Waals surface area contributed by atoms with Gasteiger partial charge in [0.1, 0.15) is 6.07 Å². The van der Waals surface area contributed by atoms with E-state index in [2.05, 4.69) is 16.7 Å². The van der Waals surface area contributed by atoms with E-state index in [4.69, 9.17) is 10.00 Å². The molecule has 0 radical (unpaired) electrons. The Morgan fingerprint density at radius 1 is 1.33 bits per heavy atom. The smallest absolute Gasteiger partial charge is 0.341 e. The number of aryl methyl sites for hydroxylation is 1. The van der Waals surface area contributed by atoms with Gasteiger partial charge >= 0.3 is 5.97 Å². The van der Waals surface area contributed by atoms with Crippen molar-refractivity contribution in [1.29, 1.82) is 5.26 Å². The van der Waals surface area contributed by atoms with E-state index in [0.717, 1.165) is 11.4 Å². The van der Waals surface area contributed by atoms with Crippen LogP contribution in [0, 0.1) is 25.2 Å². The molecular formula is C17H18N2O2. The molecule has 2 aromatic rings. The van der Waals surface area contributed by atoms with Gasteiger partial charge in [-0.05, 0) is 32.4 Å². The number of esters is 1. The molecule has 0 spiro atoms. The zero-order chi connectivity index (χ0) is 15.4. The van der Waals surface area contributed by atoms with Crippen LogP contribution in [0.5, 0.6) is 0 Å². The number of nitriles is 1. The molecule has 0 fully saturated rings. The van der Waals surface area contributed by atoms with Crippen molar-refractivity contribution < 1.29 is 9.53 Å². The van der Waals surface area contributed by atoms with Gasteiger partial charge in [-0.15, -0.1) is 0 Å². The molecule has 0 unspecified atom stereocenters. The minimum Gasteiger partial charge on any atom is -0.444 e. The molecule has 0 N–H and O–H groups in total. The molecule has 108 valence electrons. The second kappa shape index (κ2) is 6.27. The summed E-state index contributed by atoms with van der Waals surface area (Å²) in [4.78, 5) is 12.1. The van der Waals surface area contributed by atoms with Gasteiger partial charge in [0.05, 0.1) is 5.56 Å². The topological polar surface area (TPSA) is 55.0 Å². The first-order chi connectivity index (χ1) is 10.0. The average molecular weight is 282 g/mol. The number of hydrogen-bond donors (Lipinski definition) is 0. The zero-order valence-electron chi connectivity index (χ0n) is 12.5. The summed E-state index contributed by atoms with van der Waals surface area (Å²) < 4.78 is 7.14. The molecule has 1 aromatic heterocycles. The van der Waals surface area contributed by atoms with Gasteiger partial charge < -0.3 is 9.30 Å². The molecule has 1 atom stereocenters. The van der Waals surface area contributed by atoms with Crippen LogP contribution in [0.15, 0.2) is 36.4 Å². The summed E-state index contributed by atoms with van der Waals surface area (Å²) in [5.74, 6) is -0.448. The van der Waals surface area contributed by atoms with Crippen molar-refractivity contribution in [3.8, 4) is 6.07 Å². The van der Waals surface area contributed by atoms with E-state index in [1.807, 2.05) is 44.2 Å². The highest BCUT2D eigenvalue weighted by atomic mass is 16.5. The van der Waals surface area contributed by atoms with Gasteiger partial charge in [-0.2, -0.15) is 5.26 Å². The molecular weight excluding hydrogens is 264 g/mol. The summed E-state index contributed by atoms with van der Waals surface area (Å²) >= 11 is 0. The van der Waals surface area contributed by atoms with Crippen LogP contribution in [0.2, 0.25) is 0 Å². The van der Waals surface area contributed by atoms with Crippen LogP contribution in [0.25, 0.3) is 0 Å². The van der Waals surface area contributed by atoms with E-state index < -0.39 is 12.1 Å². The van der Waals surface area contributed by atoms with Crippen molar-refractivity contribution in [2.75, 3.05) is 0 Å². The molecule has 0 saturated carbocycles. The standard InChI is InChI=1S/C17H18N2O2/c1-12-9-16(17(20)21-13(2)10-18)14(3)19(12)11-15-7-5-4-6-8-15/h4-9,13H,11H2,1-3H3/t13-/m0/s1. The molecule has 21 heavy (non-hydrogen) atoms. The summed E-state index contributed by atoms with van der Waals surface area (Å²) in [6.07, 6.45) is -0.741. The van der Waals surface area contributed by atoms with Crippen molar-refractivity contribution in [2.45, 2.75) is 33.4 Å². The Morgan fingerprint density at radius 3 is 2.62 bits per heavy atom. The van der Waals surface area contributed by atoms with Crippen molar-refractivity contribution in [1.82, 2.24) is 4.57 Å². The van der Waals surface area contributed by atoms with Gasteiger partial charge in [-0.25, -0.2) is 4.79 Å². The maximum Gasteiger partial charge on any atom is 0.341 e. The lowest BCUT2D eigenvalue weighted by Gasteiger charge is -2.10.